The minimum absolute atomic E-state index is 1.09. The summed E-state index contributed by atoms with van der Waals surface area (Å²) in [4.78, 5) is 2.47. The Bertz CT molecular complexity index is 784. The number of rotatable bonds is 2. The van der Waals surface area contributed by atoms with Gasteiger partial charge in [0.25, 0.3) is 0 Å². The maximum absolute atomic E-state index is 2.47. The maximum Gasteiger partial charge on any atom is 0.244 e. The highest BCUT2D eigenvalue weighted by molar-refractivity contribution is 5.81. The molecule has 0 aliphatic carbocycles. The predicted molar refractivity (Wildman–Crippen MR) is 109 cm³/mol. The summed E-state index contributed by atoms with van der Waals surface area (Å²) in [5.74, 6) is 0. The molecule has 132 valence electrons. The topological polar surface area (TPSA) is 6.25 Å². The Labute approximate surface area is 152 Å². The first kappa shape index (κ1) is 17.7. The van der Waals surface area contributed by atoms with Crippen LogP contribution in [0.4, 0.5) is 11.4 Å². The van der Waals surface area contributed by atoms with Crippen molar-refractivity contribution < 1.29 is 4.58 Å². The molecular weight excluding hydrogens is 304 g/mol. The number of nitrogens with zero attached hydrogens (tertiary/aromatic N) is 2. The molecule has 0 atom stereocenters. The summed E-state index contributed by atoms with van der Waals surface area (Å²) in [5, 5.41) is 0. The molecule has 0 aromatic heterocycles. The van der Waals surface area contributed by atoms with E-state index in [-0.39, 0.29) is 0 Å². The molecule has 0 fully saturated rings. The molecule has 0 saturated carbocycles. The molecule has 1 heterocycles. The van der Waals surface area contributed by atoms with E-state index in [1.807, 2.05) is 0 Å². The van der Waals surface area contributed by atoms with Crippen LogP contribution >= 0.6 is 0 Å². The highest BCUT2D eigenvalue weighted by atomic mass is 15.2. The number of hydrogen-bond acceptors (Lipinski definition) is 1. The summed E-state index contributed by atoms with van der Waals surface area (Å²) in [6.45, 7) is 15.5. The zero-order chi connectivity index (χ0) is 18.1. The van der Waals surface area contributed by atoms with Crippen LogP contribution in [0.5, 0.6) is 0 Å². The average molecular weight is 336 g/mol. The molecule has 25 heavy (non-hydrogen) atoms. The normalized spacial score (nSPS) is 15.1. The second-order valence-corrected chi connectivity index (χ2v) is 7.70. The van der Waals surface area contributed by atoms with Crippen molar-refractivity contribution in [1.82, 2.24) is 0 Å². The van der Waals surface area contributed by atoms with Gasteiger partial charge in [-0.2, -0.15) is 0 Å². The van der Waals surface area contributed by atoms with E-state index in [0.29, 0.717) is 0 Å². The van der Waals surface area contributed by atoms with Gasteiger partial charge < -0.3 is 0 Å². The number of anilines is 1. The summed E-state index contributed by atoms with van der Waals surface area (Å²) in [6, 6.07) is 9.20. The van der Waals surface area contributed by atoms with Crippen LogP contribution in [-0.4, -0.2) is 24.0 Å². The molecule has 0 N–H and O–H groups in total. The minimum Gasteiger partial charge on any atom is -0.233 e. The monoisotopic (exact) mass is 335 g/mol. The predicted octanol–water partition coefficient (Wildman–Crippen LogP) is 5.51. The third-order valence-corrected chi connectivity index (χ3v) is 5.17. The molecule has 2 aromatic rings. The van der Waals surface area contributed by atoms with Gasteiger partial charge in [-0.1, -0.05) is 35.4 Å². The van der Waals surface area contributed by atoms with E-state index in [4.69, 9.17) is 0 Å². The van der Waals surface area contributed by atoms with E-state index in [9.17, 15) is 0 Å². The zero-order valence-electron chi connectivity index (χ0n) is 16.6. The molecule has 3 rings (SSSR count). The Kier molecular flexibility index (Phi) is 4.99. The van der Waals surface area contributed by atoms with Crippen LogP contribution in [0.3, 0.4) is 0 Å². The van der Waals surface area contributed by atoms with Crippen molar-refractivity contribution in [2.45, 2.75) is 54.4 Å². The van der Waals surface area contributed by atoms with Crippen molar-refractivity contribution in [2.24, 2.45) is 0 Å². The van der Waals surface area contributed by atoms with Gasteiger partial charge in [0.1, 0.15) is 11.4 Å². The quantitative estimate of drug-likeness (QED) is 0.656. The molecule has 0 amide bonds. The molecule has 0 unspecified atom stereocenters. The Morgan fingerprint density at radius 2 is 1.24 bits per heavy atom. The van der Waals surface area contributed by atoms with Crippen molar-refractivity contribution in [1.29, 1.82) is 0 Å². The van der Waals surface area contributed by atoms with Crippen molar-refractivity contribution >= 4 is 17.7 Å². The van der Waals surface area contributed by atoms with Gasteiger partial charge in [0.15, 0.2) is 0 Å². The third kappa shape index (κ3) is 3.63. The Morgan fingerprint density at radius 3 is 1.80 bits per heavy atom. The fraction of sp³-hybridized carbons (Fsp3) is 0.435. The third-order valence-electron chi connectivity index (χ3n) is 5.17. The van der Waals surface area contributed by atoms with Gasteiger partial charge in [-0.05, 0) is 76.6 Å². The summed E-state index contributed by atoms with van der Waals surface area (Å²) < 4.78 is 2.47. The Balaban J connectivity index is 2.10. The van der Waals surface area contributed by atoms with E-state index in [2.05, 4.69) is 81.6 Å². The Hall–Kier alpha value is -2.09. The van der Waals surface area contributed by atoms with Gasteiger partial charge in [-0.3, -0.25) is 0 Å². The van der Waals surface area contributed by atoms with Crippen molar-refractivity contribution in [3.05, 3.63) is 57.6 Å². The molecule has 2 aromatic carbocycles. The average Bonchev–Trinajstić information content (AvgIpc) is 2.71. The number of benzene rings is 2. The lowest BCUT2D eigenvalue weighted by Gasteiger charge is -2.18. The van der Waals surface area contributed by atoms with Crippen molar-refractivity contribution in [3.8, 4) is 0 Å². The zero-order valence-corrected chi connectivity index (χ0v) is 16.6. The summed E-state index contributed by atoms with van der Waals surface area (Å²) in [7, 11) is 0. The molecule has 1 aliphatic rings. The molecule has 0 saturated heterocycles. The van der Waals surface area contributed by atoms with Crippen LogP contribution in [0.15, 0.2) is 24.3 Å². The van der Waals surface area contributed by atoms with Crippen LogP contribution in [0.2, 0.25) is 0 Å². The van der Waals surface area contributed by atoms with Crippen LogP contribution < -0.4 is 4.90 Å². The van der Waals surface area contributed by atoms with E-state index in [1.54, 1.807) is 0 Å². The second-order valence-electron chi connectivity index (χ2n) is 7.70. The summed E-state index contributed by atoms with van der Waals surface area (Å²) >= 11 is 0. The minimum atomic E-state index is 1.09. The lowest BCUT2D eigenvalue weighted by Crippen LogP contribution is -2.27. The van der Waals surface area contributed by atoms with Crippen LogP contribution in [0.25, 0.3) is 0 Å². The lowest BCUT2D eigenvalue weighted by molar-refractivity contribution is -0.437. The summed E-state index contributed by atoms with van der Waals surface area (Å²) in [5.41, 5.74) is 10.9. The smallest absolute Gasteiger partial charge is 0.233 e. The first-order chi connectivity index (χ1) is 11.9. The fourth-order valence-electron chi connectivity index (χ4n) is 4.44. The largest absolute Gasteiger partial charge is 0.244 e. The Morgan fingerprint density at radius 1 is 0.720 bits per heavy atom. The molecular formula is C23H31N2+. The lowest BCUT2D eigenvalue weighted by atomic mass is 10.0. The van der Waals surface area contributed by atoms with Crippen LogP contribution in [-0.2, 0) is 0 Å². The number of aryl methyl sites for hydroxylation is 6. The molecule has 1 aliphatic heterocycles. The second kappa shape index (κ2) is 7.03. The first-order valence-electron chi connectivity index (χ1n) is 9.41. The van der Waals surface area contributed by atoms with Crippen LogP contribution in [0.1, 0.15) is 46.2 Å². The van der Waals surface area contributed by atoms with Gasteiger partial charge in [0.05, 0.1) is 13.1 Å². The maximum atomic E-state index is 2.47. The fourth-order valence-corrected chi connectivity index (χ4v) is 4.44. The van der Waals surface area contributed by atoms with Crippen molar-refractivity contribution in [3.63, 3.8) is 0 Å². The first-order valence-corrected chi connectivity index (χ1v) is 9.41. The molecule has 0 bridgehead atoms. The van der Waals surface area contributed by atoms with Gasteiger partial charge in [-0.15, -0.1) is 0 Å². The molecule has 0 radical (unpaired) electrons. The summed E-state index contributed by atoms with van der Waals surface area (Å²) in [6.07, 6.45) is 4.80. The van der Waals surface area contributed by atoms with Gasteiger partial charge >= 0.3 is 0 Å². The highest BCUT2D eigenvalue weighted by Crippen LogP contribution is 2.29. The molecule has 2 nitrogen and oxygen atoms in total. The number of hydrogen-bond donors (Lipinski definition) is 0. The molecule has 2 heteroatoms. The van der Waals surface area contributed by atoms with E-state index < -0.39 is 0 Å². The SMILES string of the molecule is Cc1cc(C)c(N2C=[N+](c3c(C)cc(C)cc3C)CCCC2)c(C)c1. The highest BCUT2D eigenvalue weighted by Gasteiger charge is 2.23. The van der Waals surface area contributed by atoms with Gasteiger partial charge in [0.2, 0.25) is 6.34 Å². The standard InChI is InChI=1S/C23H31N2/c1-16-11-18(3)22(19(4)12-16)24-9-7-8-10-25(15-24)23-20(5)13-17(2)14-21(23)6/h11-15H,7-10H2,1-6H3/q+1. The van der Waals surface area contributed by atoms with E-state index >= 15 is 0 Å². The van der Waals surface area contributed by atoms with E-state index in [0.717, 1.165) is 13.1 Å². The van der Waals surface area contributed by atoms with Gasteiger partial charge in [-0.25, -0.2) is 9.48 Å². The van der Waals surface area contributed by atoms with E-state index in [1.165, 1.54) is 57.6 Å². The van der Waals surface area contributed by atoms with Crippen LogP contribution in [0, 0.1) is 41.5 Å². The van der Waals surface area contributed by atoms with Gasteiger partial charge in [0, 0.05) is 0 Å². The van der Waals surface area contributed by atoms with Crippen molar-refractivity contribution in [2.75, 3.05) is 18.0 Å². The molecule has 0 spiro atoms.